The van der Waals surface area contributed by atoms with E-state index >= 15 is 0 Å². The normalized spacial score (nSPS) is 13.2. The molecule has 0 aromatic heterocycles. The minimum Gasteiger partial charge on any atom is -0.444 e. The number of carbonyl (C=O) groups excluding carboxylic acids is 2. The second kappa shape index (κ2) is 10.6. The Balaban J connectivity index is 2.02. The molecule has 2 rings (SSSR count). The molecule has 2 atom stereocenters. The lowest BCUT2D eigenvalue weighted by molar-refractivity contribution is -0.127. The average molecular weight is 399 g/mol. The maximum atomic E-state index is 12.8. The molecule has 0 aliphatic carbocycles. The minimum absolute atomic E-state index is 0.333. The molecule has 0 fully saturated rings. The van der Waals surface area contributed by atoms with Gasteiger partial charge in [-0.05, 0) is 38.8 Å². The van der Waals surface area contributed by atoms with Crippen molar-refractivity contribution in [1.29, 1.82) is 0 Å². The van der Waals surface area contributed by atoms with Gasteiger partial charge < -0.3 is 20.1 Å². The summed E-state index contributed by atoms with van der Waals surface area (Å²) in [5.41, 5.74) is 1.29. The summed E-state index contributed by atoms with van der Waals surface area (Å²) in [5, 5.41) is 5.50. The lowest BCUT2D eigenvalue weighted by atomic mass is 10.1. The van der Waals surface area contributed by atoms with Crippen LogP contribution in [0.3, 0.4) is 0 Å². The van der Waals surface area contributed by atoms with E-state index < -0.39 is 23.8 Å². The third kappa shape index (κ3) is 8.35. The average Bonchev–Trinajstić information content (AvgIpc) is 2.68. The van der Waals surface area contributed by atoms with E-state index in [0.29, 0.717) is 13.2 Å². The lowest BCUT2D eigenvalue weighted by Gasteiger charge is -2.27. The molecule has 156 valence electrons. The van der Waals surface area contributed by atoms with E-state index in [4.69, 9.17) is 9.47 Å². The van der Waals surface area contributed by atoms with Crippen molar-refractivity contribution in [2.75, 3.05) is 0 Å². The van der Waals surface area contributed by atoms with Crippen molar-refractivity contribution < 1.29 is 19.1 Å². The minimum atomic E-state index is -0.891. The summed E-state index contributed by atoms with van der Waals surface area (Å²) in [6.07, 6.45) is -1.22. The molecule has 0 radical (unpaired) electrons. The molecule has 6 heteroatoms. The SMILES string of the molecule is C[C@@H](OCc1ccccc1)[C@@H](NC(=O)OC(C)(C)C)C(=O)NCc1ccccc1. The molecule has 0 aliphatic rings. The molecule has 2 aromatic rings. The molecule has 6 nitrogen and oxygen atoms in total. The van der Waals surface area contributed by atoms with Gasteiger partial charge in [0.1, 0.15) is 11.6 Å². The molecule has 2 aromatic carbocycles. The molecule has 0 aliphatic heterocycles. The van der Waals surface area contributed by atoms with Gasteiger partial charge in [-0.25, -0.2) is 4.79 Å². The van der Waals surface area contributed by atoms with Gasteiger partial charge in [0.2, 0.25) is 5.91 Å². The number of amides is 2. The van der Waals surface area contributed by atoms with Crippen LogP contribution in [-0.2, 0) is 27.4 Å². The first kappa shape index (κ1) is 22.4. The molecular formula is C23H30N2O4. The predicted octanol–water partition coefficient (Wildman–Crippen LogP) is 3.80. The van der Waals surface area contributed by atoms with Crippen molar-refractivity contribution >= 4 is 12.0 Å². The van der Waals surface area contributed by atoms with Gasteiger partial charge in [-0.3, -0.25) is 4.79 Å². The molecule has 0 unspecified atom stereocenters. The molecule has 0 bridgehead atoms. The number of benzene rings is 2. The van der Waals surface area contributed by atoms with Crippen molar-refractivity contribution in [1.82, 2.24) is 10.6 Å². The Labute approximate surface area is 172 Å². The summed E-state index contributed by atoms with van der Waals surface area (Å²) in [6.45, 7) is 7.76. The Bertz CT molecular complexity index is 772. The molecule has 2 amide bonds. The number of ether oxygens (including phenoxy) is 2. The Morgan fingerprint density at radius 2 is 1.48 bits per heavy atom. The second-order valence-corrected chi connectivity index (χ2v) is 7.83. The quantitative estimate of drug-likeness (QED) is 0.709. The molecule has 2 N–H and O–H groups in total. The number of hydrogen-bond donors (Lipinski definition) is 2. The van der Waals surface area contributed by atoms with Crippen LogP contribution in [0.2, 0.25) is 0 Å². The van der Waals surface area contributed by atoms with Gasteiger partial charge in [0.25, 0.3) is 0 Å². The van der Waals surface area contributed by atoms with Gasteiger partial charge in [0.05, 0.1) is 12.7 Å². The van der Waals surface area contributed by atoms with E-state index in [-0.39, 0.29) is 5.91 Å². The maximum absolute atomic E-state index is 12.8. The number of carbonyl (C=O) groups is 2. The number of alkyl carbamates (subject to hydrolysis) is 1. The molecular weight excluding hydrogens is 368 g/mol. The van der Waals surface area contributed by atoms with E-state index in [1.807, 2.05) is 60.7 Å². The van der Waals surface area contributed by atoms with Crippen LogP contribution in [0.15, 0.2) is 60.7 Å². The lowest BCUT2D eigenvalue weighted by Crippen LogP contribution is -2.53. The second-order valence-electron chi connectivity index (χ2n) is 7.83. The highest BCUT2D eigenvalue weighted by Gasteiger charge is 2.29. The van der Waals surface area contributed by atoms with Gasteiger partial charge in [0, 0.05) is 6.54 Å². The first-order chi connectivity index (χ1) is 13.7. The van der Waals surface area contributed by atoms with Crippen LogP contribution in [0.1, 0.15) is 38.8 Å². The smallest absolute Gasteiger partial charge is 0.408 e. The largest absolute Gasteiger partial charge is 0.444 e. The fraction of sp³-hybridized carbons (Fsp3) is 0.391. The Morgan fingerprint density at radius 1 is 0.931 bits per heavy atom. The van der Waals surface area contributed by atoms with Crippen molar-refractivity contribution in [3.8, 4) is 0 Å². The highest BCUT2D eigenvalue weighted by molar-refractivity contribution is 5.86. The molecule has 0 heterocycles. The zero-order chi connectivity index (χ0) is 21.3. The van der Waals surface area contributed by atoms with Crippen molar-refractivity contribution in [3.05, 3.63) is 71.8 Å². The summed E-state index contributed by atoms with van der Waals surface area (Å²) in [6, 6.07) is 18.3. The van der Waals surface area contributed by atoms with Crippen LogP contribution in [0.4, 0.5) is 4.79 Å². The number of nitrogens with one attached hydrogen (secondary N) is 2. The topological polar surface area (TPSA) is 76.7 Å². The van der Waals surface area contributed by atoms with Crippen LogP contribution in [0.5, 0.6) is 0 Å². The standard InChI is InChI=1S/C23H30N2O4/c1-17(28-16-19-13-9-6-10-14-19)20(25-22(27)29-23(2,3)4)21(26)24-15-18-11-7-5-8-12-18/h5-14,17,20H,15-16H2,1-4H3,(H,24,26)(H,25,27)/t17-,20-/m1/s1. The first-order valence-electron chi connectivity index (χ1n) is 9.71. The van der Waals surface area contributed by atoms with Crippen LogP contribution in [0, 0.1) is 0 Å². The number of hydrogen-bond acceptors (Lipinski definition) is 4. The molecule has 0 saturated heterocycles. The third-order valence-electron chi connectivity index (χ3n) is 4.09. The summed E-state index contributed by atoms with van der Waals surface area (Å²) in [5.74, 6) is -0.333. The number of rotatable bonds is 8. The van der Waals surface area contributed by atoms with Gasteiger partial charge in [-0.2, -0.15) is 0 Å². The summed E-state index contributed by atoms with van der Waals surface area (Å²) in [4.78, 5) is 25.1. The van der Waals surface area contributed by atoms with E-state index in [1.54, 1.807) is 27.7 Å². The van der Waals surface area contributed by atoms with E-state index in [2.05, 4.69) is 10.6 Å². The predicted molar refractivity (Wildman–Crippen MR) is 112 cm³/mol. The Hall–Kier alpha value is -2.86. The monoisotopic (exact) mass is 398 g/mol. The summed E-state index contributed by atoms with van der Waals surface area (Å²) >= 11 is 0. The van der Waals surface area contributed by atoms with Gasteiger partial charge in [-0.1, -0.05) is 60.7 Å². The Morgan fingerprint density at radius 3 is 2.03 bits per heavy atom. The third-order valence-corrected chi connectivity index (χ3v) is 4.09. The van der Waals surface area contributed by atoms with Crippen LogP contribution in [0.25, 0.3) is 0 Å². The zero-order valence-electron chi connectivity index (χ0n) is 17.5. The Kier molecular flexibility index (Phi) is 8.21. The van der Waals surface area contributed by atoms with Crippen LogP contribution >= 0.6 is 0 Å². The molecule has 0 saturated carbocycles. The van der Waals surface area contributed by atoms with Crippen molar-refractivity contribution in [2.45, 2.75) is 58.6 Å². The molecule has 29 heavy (non-hydrogen) atoms. The van der Waals surface area contributed by atoms with Crippen LogP contribution in [-0.4, -0.2) is 29.7 Å². The van der Waals surface area contributed by atoms with Crippen molar-refractivity contribution in [2.24, 2.45) is 0 Å². The fourth-order valence-corrected chi connectivity index (χ4v) is 2.62. The van der Waals surface area contributed by atoms with Gasteiger partial charge >= 0.3 is 6.09 Å². The highest BCUT2D eigenvalue weighted by atomic mass is 16.6. The van der Waals surface area contributed by atoms with Crippen LogP contribution < -0.4 is 10.6 Å². The highest BCUT2D eigenvalue weighted by Crippen LogP contribution is 2.10. The fourth-order valence-electron chi connectivity index (χ4n) is 2.62. The van der Waals surface area contributed by atoms with E-state index in [1.165, 1.54) is 0 Å². The molecule has 0 spiro atoms. The summed E-state index contributed by atoms with van der Waals surface area (Å²) in [7, 11) is 0. The first-order valence-corrected chi connectivity index (χ1v) is 9.71. The summed E-state index contributed by atoms with van der Waals surface area (Å²) < 4.78 is 11.2. The van der Waals surface area contributed by atoms with Gasteiger partial charge in [0.15, 0.2) is 0 Å². The van der Waals surface area contributed by atoms with Gasteiger partial charge in [-0.15, -0.1) is 0 Å². The van der Waals surface area contributed by atoms with E-state index in [9.17, 15) is 9.59 Å². The maximum Gasteiger partial charge on any atom is 0.408 e. The zero-order valence-corrected chi connectivity index (χ0v) is 17.5. The van der Waals surface area contributed by atoms with E-state index in [0.717, 1.165) is 11.1 Å². The van der Waals surface area contributed by atoms with Crippen molar-refractivity contribution in [3.63, 3.8) is 0 Å².